The molecule has 1 aliphatic rings. The summed E-state index contributed by atoms with van der Waals surface area (Å²) in [5.41, 5.74) is 3.48. The molecule has 0 atom stereocenters. The lowest BCUT2D eigenvalue weighted by atomic mass is 9.95. The standard InChI is InChI=1S/C15H24N4S2/c1-4-5-12-13-14(18(2)17-12)19(15(20)16-13)10-6-8-11(21-3)9-7-10/h10-11H,4-9H2,1-3H3,(H,16,20). The molecule has 2 aromatic rings. The van der Waals surface area contributed by atoms with Crippen LogP contribution in [0.5, 0.6) is 0 Å². The minimum atomic E-state index is 0.527. The van der Waals surface area contributed by atoms with E-state index in [1.54, 1.807) is 0 Å². The smallest absolute Gasteiger partial charge is 0.179 e. The van der Waals surface area contributed by atoms with E-state index in [-0.39, 0.29) is 0 Å². The van der Waals surface area contributed by atoms with Gasteiger partial charge in [0, 0.05) is 18.3 Å². The average Bonchev–Trinajstić information content (AvgIpc) is 2.97. The number of nitrogens with one attached hydrogen (secondary N) is 1. The molecular formula is C15H24N4S2. The fourth-order valence-corrected chi connectivity index (χ4v) is 4.61. The summed E-state index contributed by atoms with van der Waals surface area (Å²) in [7, 11) is 2.04. The monoisotopic (exact) mass is 324 g/mol. The van der Waals surface area contributed by atoms with Crippen LogP contribution in [0.3, 0.4) is 0 Å². The molecular weight excluding hydrogens is 300 g/mol. The van der Waals surface area contributed by atoms with Gasteiger partial charge in [-0.2, -0.15) is 16.9 Å². The van der Waals surface area contributed by atoms with Gasteiger partial charge in [-0.25, -0.2) is 0 Å². The fourth-order valence-electron chi connectivity index (χ4n) is 3.53. The first-order chi connectivity index (χ1) is 10.2. The first-order valence-electron chi connectivity index (χ1n) is 7.84. The zero-order valence-electron chi connectivity index (χ0n) is 13.1. The lowest BCUT2D eigenvalue weighted by molar-refractivity contribution is 0.360. The maximum absolute atomic E-state index is 5.61. The first kappa shape index (κ1) is 15.2. The Bertz CT molecular complexity index is 674. The first-order valence-corrected chi connectivity index (χ1v) is 9.54. The Morgan fingerprint density at radius 1 is 1.33 bits per heavy atom. The molecule has 0 amide bonds. The van der Waals surface area contributed by atoms with Crippen molar-refractivity contribution >= 4 is 35.1 Å². The summed E-state index contributed by atoms with van der Waals surface area (Å²) < 4.78 is 5.20. The van der Waals surface area contributed by atoms with Gasteiger partial charge in [0.25, 0.3) is 0 Å². The molecule has 0 bridgehead atoms. The van der Waals surface area contributed by atoms with E-state index >= 15 is 0 Å². The summed E-state index contributed by atoms with van der Waals surface area (Å²) in [5.74, 6) is 0. The molecule has 0 aromatic carbocycles. The SMILES string of the molecule is CCCc1nn(C)c2c1[nH]c(=S)n2C1CCC(SC)CC1. The summed E-state index contributed by atoms with van der Waals surface area (Å²) in [4.78, 5) is 3.41. The molecule has 1 aliphatic carbocycles. The number of aryl methyl sites for hydroxylation is 2. The molecule has 2 aromatic heterocycles. The van der Waals surface area contributed by atoms with Crippen LogP contribution in [0.15, 0.2) is 0 Å². The maximum atomic E-state index is 5.61. The Kier molecular flexibility index (Phi) is 4.45. The second kappa shape index (κ2) is 6.16. The van der Waals surface area contributed by atoms with Crippen LogP contribution in [0, 0.1) is 4.77 Å². The van der Waals surface area contributed by atoms with Gasteiger partial charge in [-0.05, 0) is 50.6 Å². The number of thioether (sulfide) groups is 1. The molecule has 116 valence electrons. The number of aromatic amines is 1. The molecule has 4 nitrogen and oxygen atoms in total. The molecule has 0 unspecified atom stereocenters. The zero-order valence-corrected chi connectivity index (χ0v) is 14.7. The second-order valence-electron chi connectivity index (χ2n) is 5.99. The third kappa shape index (κ3) is 2.68. The highest BCUT2D eigenvalue weighted by Gasteiger charge is 2.25. The topological polar surface area (TPSA) is 38.5 Å². The summed E-state index contributed by atoms with van der Waals surface area (Å²) in [6, 6.07) is 0.527. The van der Waals surface area contributed by atoms with Crippen molar-refractivity contribution < 1.29 is 0 Å². The van der Waals surface area contributed by atoms with Gasteiger partial charge in [0.1, 0.15) is 5.52 Å². The van der Waals surface area contributed by atoms with Crippen molar-refractivity contribution in [1.29, 1.82) is 0 Å². The normalized spacial score (nSPS) is 23.0. The van der Waals surface area contributed by atoms with E-state index in [2.05, 4.69) is 27.8 Å². The highest BCUT2D eigenvalue weighted by atomic mass is 32.2. The van der Waals surface area contributed by atoms with E-state index in [0.717, 1.165) is 34.1 Å². The maximum Gasteiger partial charge on any atom is 0.179 e. The number of hydrogen-bond acceptors (Lipinski definition) is 3. The second-order valence-corrected chi connectivity index (χ2v) is 7.51. The summed E-state index contributed by atoms with van der Waals surface area (Å²) in [5, 5.41) is 5.51. The summed E-state index contributed by atoms with van der Waals surface area (Å²) >= 11 is 7.62. The fraction of sp³-hybridized carbons (Fsp3) is 0.733. The summed E-state index contributed by atoms with van der Waals surface area (Å²) in [6.07, 6.45) is 9.37. The van der Waals surface area contributed by atoms with E-state index < -0.39 is 0 Å². The number of hydrogen-bond donors (Lipinski definition) is 1. The molecule has 6 heteroatoms. The molecule has 1 fully saturated rings. The number of nitrogens with zero attached hydrogens (tertiary/aromatic N) is 3. The lowest BCUT2D eigenvalue weighted by Gasteiger charge is -2.28. The van der Waals surface area contributed by atoms with Gasteiger partial charge in [-0.1, -0.05) is 13.3 Å². The van der Waals surface area contributed by atoms with Crippen LogP contribution in [0.1, 0.15) is 50.8 Å². The van der Waals surface area contributed by atoms with Crippen molar-refractivity contribution in [2.45, 2.75) is 56.7 Å². The van der Waals surface area contributed by atoms with Crippen LogP contribution >= 0.6 is 24.0 Å². The zero-order chi connectivity index (χ0) is 15.0. The molecule has 1 saturated carbocycles. The number of H-pyrrole nitrogens is 1. The van der Waals surface area contributed by atoms with Crippen LogP contribution in [0.4, 0.5) is 0 Å². The molecule has 2 heterocycles. The van der Waals surface area contributed by atoms with E-state index in [4.69, 9.17) is 12.2 Å². The van der Waals surface area contributed by atoms with Crippen molar-refractivity contribution in [3.8, 4) is 0 Å². The van der Waals surface area contributed by atoms with Gasteiger partial charge >= 0.3 is 0 Å². The Hall–Kier alpha value is -0.750. The van der Waals surface area contributed by atoms with Crippen LogP contribution in [-0.4, -0.2) is 30.8 Å². The predicted molar refractivity (Wildman–Crippen MR) is 92.7 cm³/mol. The number of imidazole rings is 1. The number of fused-ring (bicyclic) bond motifs is 1. The third-order valence-corrected chi connectivity index (χ3v) is 6.03. The Labute approximate surface area is 135 Å². The highest BCUT2D eigenvalue weighted by molar-refractivity contribution is 7.99. The van der Waals surface area contributed by atoms with Gasteiger partial charge in [0.2, 0.25) is 0 Å². The third-order valence-electron chi connectivity index (χ3n) is 4.60. The van der Waals surface area contributed by atoms with Gasteiger partial charge in [0.05, 0.1) is 5.69 Å². The van der Waals surface area contributed by atoms with Crippen molar-refractivity contribution in [3.63, 3.8) is 0 Å². The van der Waals surface area contributed by atoms with Crippen molar-refractivity contribution in [1.82, 2.24) is 19.3 Å². The van der Waals surface area contributed by atoms with Crippen molar-refractivity contribution in [2.24, 2.45) is 7.05 Å². The quantitative estimate of drug-likeness (QED) is 0.855. The minimum Gasteiger partial charge on any atom is -0.328 e. The van der Waals surface area contributed by atoms with E-state index in [1.807, 2.05) is 23.5 Å². The molecule has 21 heavy (non-hydrogen) atoms. The van der Waals surface area contributed by atoms with Crippen LogP contribution < -0.4 is 0 Å². The number of aromatic nitrogens is 4. The lowest BCUT2D eigenvalue weighted by Crippen LogP contribution is -2.20. The summed E-state index contributed by atoms with van der Waals surface area (Å²) in [6.45, 7) is 2.19. The Balaban J connectivity index is 1.99. The predicted octanol–water partition coefficient (Wildman–Crippen LogP) is 4.23. The number of rotatable bonds is 4. The van der Waals surface area contributed by atoms with Gasteiger partial charge in [-0.3, -0.25) is 9.25 Å². The van der Waals surface area contributed by atoms with Gasteiger partial charge in [0.15, 0.2) is 10.4 Å². The van der Waals surface area contributed by atoms with E-state index in [1.165, 1.54) is 31.3 Å². The minimum absolute atomic E-state index is 0.527. The Morgan fingerprint density at radius 3 is 2.67 bits per heavy atom. The Morgan fingerprint density at radius 2 is 2.05 bits per heavy atom. The molecule has 0 spiro atoms. The molecule has 0 radical (unpaired) electrons. The van der Waals surface area contributed by atoms with Crippen molar-refractivity contribution in [3.05, 3.63) is 10.5 Å². The van der Waals surface area contributed by atoms with Crippen molar-refractivity contribution in [2.75, 3.05) is 6.26 Å². The van der Waals surface area contributed by atoms with Crippen LogP contribution in [0.2, 0.25) is 0 Å². The highest BCUT2D eigenvalue weighted by Crippen LogP contribution is 2.35. The van der Waals surface area contributed by atoms with Gasteiger partial charge < -0.3 is 4.98 Å². The largest absolute Gasteiger partial charge is 0.328 e. The molecule has 0 saturated heterocycles. The average molecular weight is 325 g/mol. The van der Waals surface area contributed by atoms with Crippen LogP contribution in [-0.2, 0) is 13.5 Å². The van der Waals surface area contributed by atoms with Gasteiger partial charge in [-0.15, -0.1) is 0 Å². The van der Waals surface area contributed by atoms with Crippen LogP contribution in [0.25, 0.3) is 11.2 Å². The molecule has 3 rings (SSSR count). The molecule has 1 N–H and O–H groups in total. The van der Waals surface area contributed by atoms with E-state index in [9.17, 15) is 0 Å². The molecule has 0 aliphatic heterocycles. The van der Waals surface area contributed by atoms with E-state index in [0.29, 0.717) is 6.04 Å².